The average Bonchev–Trinajstić information content (AvgIpc) is 3.01. The summed E-state index contributed by atoms with van der Waals surface area (Å²) >= 11 is 0. The maximum atomic E-state index is 12.0. The van der Waals surface area contributed by atoms with Gasteiger partial charge in [-0.25, -0.2) is 0 Å². The Morgan fingerprint density at radius 1 is 1.41 bits per heavy atom. The fraction of sp³-hybridized carbons (Fsp3) is 0.923. The topological polar surface area (TPSA) is 48.1 Å². The van der Waals surface area contributed by atoms with Crippen molar-refractivity contribution in [1.29, 1.82) is 0 Å². The van der Waals surface area contributed by atoms with Gasteiger partial charge in [-0.3, -0.25) is 4.79 Å². The lowest BCUT2D eigenvalue weighted by atomic mass is 9.76. The van der Waals surface area contributed by atoms with E-state index < -0.39 is 0 Å². The van der Waals surface area contributed by atoms with Gasteiger partial charge in [-0.15, -0.1) is 0 Å². The summed E-state index contributed by atoms with van der Waals surface area (Å²) in [7, 11) is 0. The minimum Gasteiger partial charge on any atom is -0.463 e. The Balaban J connectivity index is 1.71. The van der Waals surface area contributed by atoms with Crippen molar-refractivity contribution in [3.63, 3.8) is 0 Å². The molecule has 17 heavy (non-hydrogen) atoms. The summed E-state index contributed by atoms with van der Waals surface area (Å²) < 4.78 is 16.1. The van der Waals surface area contributed by atoms with E-state index in [2.05, 4.69) is 0 Å². The first-order valence-corrected chi connectivity index (χ1v) is 6.45. The van der Waals surface area contributed by atoms with Gasteiger partial charge >= 0.3 is 5.97 Å². The Morgan fingerprint density at radius 3 is 2.82 bits per heavy atom. The Bertz CT molecular complexity index is 289. The molecule has 0 aromatic heterocycles. The van der Waals surface area contributed by atoms with Crippen LogP contribution in [0.4, 0.5) is 0 Å². The van der Waals surface area contributed by atoms with Crippen molar-refractivity contribution in [3.05, 3.63) is 0 Å². The second-order valence-corrected chi connectivity index (χ2v) is 5.57. The second-order valence-electron chi connectivity index (χ2n) is 5.57. The standard InChI is InChI=1S/C13H22O4/c1-9(2)15-6-7-16-12(14)13(3)5-4-10-11(8-13)17-10/h9-11H,4-8H2,1-3H3. The molecule has 0 bridgehead atoms. The van der Waals surface area contributed by atoms with E-state index in [-0.39, 0.29) is 17.5 Å². The van der Waals surface area contributed by atoms with Crippen LogP contribution in [0.1, 0.15) is 40.0 Å². The van der Waals surface area contributed by atoms with E-state index >= 15 is 0 Å². The number of hydrogen-bond acceptors (Lipinski definition) is 4. The number of hydrogen-bond donors (Lipinski definition) is 0. The largest absolute Gasteiger partial charge is 0.463 e. The zero-order chi connectivity index (χ0) is 12.5. The Kier molecular flexibility index (Phi) is 3.73. The molecule has 0 N–H and O–H groups in total. The highest BCUT2D eigenvalue weighted by Gasteiger charge is 2.52. The zero-order valence-electron chi connectivity index (χ0n) is 10.9. The Morgan fingerprint density at radius 2 is 2.18 bits per heavy atom. The summed E-state index contributed by atoms with van der Waals surface area (Å²) in [5.74, 6) is -0.0983. The van der Waals surface area contributed by atoms with Crippen LogP contribution < -0.4 is 0 Å². The Hall–Kier alpha value is -0.610. The number of rotatable bonds is 5. The first kappa shape index (κ1) is 12.8. The van der Waals surface area contributed by atoms with Gasteiger partial charge in [-0.1, -0.05) is 0 Å². The van der Waals surface area contributed by atoms with Crippen LogP contribution in [0.15, 0.2) is 0 Å². The maximum absolute atomic E-state index is 12.0. The molecule has 98 valence electrons. The van der Waals surface area contributed by atoms with Crippen molar-refractivity contribution in [1.82, 2.24) is 0 Å². The number of epoxide rings is 1. The molecular formula is C13H22O4. The predicted molar refractivity (Wildman–Crippen MR) is 62.7 cm³/mol. The summed E-state index contributed by atoms with van der Waals surface area (Å²) in [5.41, 5.74) is -0.352. The van der Waals surface area contributed by atoms with Gasteiger partial charge in [0.25, 0.3) is 0 Å². The highest BCUT2D eigenvalue weighted by molar-refractivity contribution is 5.76. The Labute approximate surface area is 103 Å². The summed E-state index contributed by atoms with van der Waals surface area (Å²) in [5, 5.41) is 0. The van der Waals surface area contributed by atoms with E-state index in [0.29, 0.717) is 25.4 Å². The number of ether oxygens (including phenoxy) is 3. The SMILES string of the molecule is CC(C)OCCOC(=O)C1(C)CCC2OC2C1. The zero-order valence-corrected chi connectivity index (χ0v) is 10.9. The molecular weight excluding hydrogens is 220 g/mol. The first-order chi connectivity index (χ1) is 8.01. The normalized spacial score (nSPS) is 35.5. The molecule has 1 saturated heterocycles. The molecule has 0 spiro atoms. The highest BCUT2D eigenvalue weighted by Crippen LogP contribution is 2.46. The van der Waals surface area contributed by atoms with Gasteiger partial charge in [-0.05, 0) is 40.0 Å². The van der Waals surface area contributed by atoms with Gasteiger partial charge < -0.3 is 14.2 Å². The van der Waals surface area contributed by atoms with Crippen LogP contribution in [0, 0.1) is 5.41 Å². The number of esters is 1. The monoisotopic (exact) mass is 242 g/mol. The molecule has 2 fully saturated rings. The van der Waals surface area contributed by atoms with E-state index in [4.69, 9.17) is 14.2 Å². The first-order valence-electron chi connectivity index (χ1n) is 6.45. The molecule has 4 nitrogen and oxygen atoms in total. The van der Waals surface area contributed by atoms with Gasteiger partial charge in [0.05, 0.1) is 30.3 Å². The van der Waals surface area contributed by atoms with Crippen LogP contribution in [0.25, 0.3) is 0 Å². The fourth-order valence-corrected chi connectivity index (χ4v) is 2.40. The summed E-state index contributed by atoms with van der Waals surface area (Å²) in [6, 6.07) is 0. The van der Waals surface area contributed by atoms with E-state index in [1.54, 1.807) is 0 Å². The predicted octanol–water partition coefficient (Wildman–Crippen LogP) is 1.91. The van der Waals surface area contributed by atoms with Crippen LogP contribution in [0.5, 0.6) is 0 Å². The molecule has 1 heterocycles. The summed E-state index contributed by atoms with van der Waals surface area (Å²) in [6.07, 6.45) is 3.56. The van der Waals surface area contributed by atoms with Gasteiger partial charge in [0, 0.05) is 0 Å². The number of carbonyl (C=O) groups is 1. The van der Waals surface area contributed by atoms with E-state index in [1.807, 2.05) is 20.8 Å². The third-order valence-corrected chi connectivity index (χ3v) is 3.58. The van der Waals surface area contributed by atoms with Crippen molar-refractivity contribution in [2.45, 2.75) is 58.3 Å². The lowest BCUT2D eigenvalue weighted by Crippen LogP contribution is -2.35. The van der Waals surface area contributed by atoms with Crippen LogP contribution in [-0.2, 0) is 19.0 Å². The van der Waals surface area contributed by atoms with Gasteiger partial charge in [0.15, 0.2) is 0 Å². The van der Waals surface area contributed by atoms with E-state index in [0.717, 1.165) is 19.3 Å². The lowest BCUT2D eigenvalue weighted by Gasteiger charge is -2.28. The molecule has 1 aliphatic carbocycles. The molecule has 0 radical (unpaired) electrons. The molecule has 1 saturated carbocycles. The molecule has 2 rings (SSSR count). The molecule has 1 aliphatic heterocycles. The second kappa shape index (κ2) is 4.94. The van der Waals surface area contributed by atoms with Crippen molar-refractivity contribution < 1.29 is 19.0 Å². The molecule has 3 unspecified atom stereocenters. The van der Waals surface area contributed by atoms with Crippen molar-refractivity contribution >= 4 is 5.97 Å². The third kappa shape index (κ3) is 3.19. The molecule has 4 heteroatoms. The number of fused-ring (bicyclic) bond motifs is 1. The molecule has 0 aromatic rings. The smallest absolute Gasteiger partial charge is 0.311 e. The molecule has 0 amide bonds. The minimum absolute atomic E-state index is 0.0983. The van der Waals surface area contributed by atoms with E-state index in [9.17, 15) is 4.79 Å². The van der Waals surface area contributed by atoms with Crippen LogP contribution in [-0.4, -0.2) is 37.5 Å². The third-order valence-electron chi connectivity index (χ3n) is 3.58. The van der Waals surface area contributed by atoms with Gasteiger partial charge in [-0.2, -0.15) is 0 Å². The highest BCUT2D eigenvalue weighted by atomic mass is 16.6. The van der Waals surface area contributed by atoms with Gasteiger partial charge in [0.1, 0.15) is 6.61 Å². The summed E-state index contributed by atoms with van der Waals surface area (Å²) in [4.78, 5) is 12.0. The summed E-state index contributed by atoms with van der Waals surface area (Å²) in [6.45, 7) is 6.74. The van der Waals surface area contributed by atoms with Crippen LogP contribution in [0.2, 0.25) is 0 Å². The van der Waals surface area contributed by atoms with Crippen molar-refractivity contribution in [2.24, 2.45) is 5.41 Å². The van der Waals surface area contributed by atoms with Gasteiger partial charge in [0.2, 0.25) is 0 Å². The van der Waals surface area contributed by atoms with E-state index in [1.165, 1.54) is 0 Å². The van der Waals surface area contributed by atoms with Crippen molar-refractivity contribution in [2.75, 3.05) is 13.2 Å². The maximum Gasteiger partial charge on any atom is 0.311 e. The average molecular weight is 242 g/mol. The van der Waals surface area contributed by atoms with Crippen LogP contribution >= 0.6 is 0 Å². The lowest BCUT2D eigenvalue weighted by molar-refractivity contribution is -0.158. The number of carbonyl (C=O) groups excluding carboxylic acids is 1. The van der Waals surface area contributed by atoms with Crippen molar-refractivity contribution in [3.8, 4) is 0 Å². The molecule has 2 aliphatic rings. The molecule has 0 aromatic carbocycles. The molecule has 3 atom stereocenters. The quantitative estimate of drug-likeness (QED) is 0.420. The van der Waals surface area contributed by atoms with Crippen LogP contribution in [0.3, 0.4) is 0 Å². The minimum atomic E-state index is -0.352. The fourth-order valence-electron chi connectivity index (χ4n) is 2.40.